The quantitative estimate of drug-likeness (QED) is 0.560. The molecule has 0 spiro atoms. The largest absolute Gasteiger partial charge is 0.493 e. The molecule has 1 aliphatic rings. The molecule has 1 saturated heterocycles. The van der Waals surface area contributed by atoms with Gasteiger partial charge in [-0.3, -0.25) is 14.5 Å². The summed E-state index contributed by atoms with van der Waals surface area (Å²) in [6.07, 6.45) is 1.46. The molecule has 3 rings (SSSR count). The molecule has 0 aromatic heterocycles. The summed E-state index contributed by atoms with van der Waals surface area (Å²) in [4.78, 5) is 26.2. The van der Waals surface area contributed by atoms with Gasteiger partial charge in [0.15, 0.2) is 11.5 Å². The highest BCUT2D eigenvalue weighted by Gasteiger charge is 2.35. The molecule has 152 valence electrons. The molecule has 2 aromatic carbocycles. The van der Waals surface area contributed by atoms with Gasteiger partial charge in [0.1, 0.15) is 5.82 Å². The average molecular weight is 436 g/mol. The van der Waals surface area contributed by atoms with Gasteiger partial charge < -0.3 is 9.47 Å². The van der Waals surface area contributed by atoms with Crippen molar-refractivity contribution in [2.24, 2.45) is 0 Å². The number of thioether (sulfide) groups is 1. The van der Waals surface area contributed by atoms with Crippen LogP contribution in [0.5, 0.6) is 11.5 Å². The Kier molecular flexibility index (Phi) is 6.49. The van der Waals surface area contributed by atoms with Crippen molar-refractivity contribution in [2.75, 3.05) is 7.11 Å². The number of methoxy groups -OCH3 is 1. The van der Waals surface area contributed by atoms with Crippen molar-refractivity contribution in [3.63, 3.8) is 0 Å². The normalized spacial score (nSPS) is 15.5. The van der Waals surface area contributed by atoms with E-state index in [1.165, 1.54) is 13.2 Å². The Morgan fingerprint density at radius 1 is 1.24 bits per heavy atom. The molecule has 0 radical (unpaired) electrons. The minimum atomic E-state index is -0.485. The predicted molar refractivity (Wildman–Crippen MR) is 112 cm³/mol. The number of carbonyl (C=O) groups is 2. The van der Waals surface area contributed by atoms with Crippen molar-refractivity contribution < 1.29 is 23.5 Å². The number of halogens is 2. The molecule has 29 heavy (non-hydrogen) atoms. The fourth-order valence-electron chi connectivity index (χ4n) is 2.76. The highest BCUT2D eigenvalue weighted by Crippen LogP contribution is 2.39. The van der Waals surface area contributed by atoms with Gasteiger partial charge in [-0.05, 0) is 55.4 Å². The molecular formula is C21H19ClFNO4S. The van der Waals surface area contributed by atoms with Gasteiger partial charge in [0, 0.05) is 5.56 Å². The first-order valence-corrected chi connectivity index (χ1v) is 10.0. The van der Waals surface area contributed by atoms with Crippen molar-refractivity contribution in [1.29, 1.82) is 0 Å². The second-order valence-corrected chi connectivity index (χ2v) is 7.96. The van der Waals surface area contributed by atoms with Gasteiger partial charge in [-0.1, -0.05) is 29.8 Å². The lowest BCUT2D eigenvalue weighted by Crippen LogP contribution is -2.27. The van der Waals surface area contributed by atoms with Crippen molar-refractivity contribution in [3.05, 3.63) is 63.3 Å². The maximum absolute atomic E-state index is 13.9. The lowest BCUT2D eigenvalue weighted by Gasteiger charge is -2.15. The molecule has 0 unspecified atom stereocenters. The number of amides is 2. The Morgan fingerprint density at radius 2 is 1.97 bits per heavy atom. The first kappa shape index (κ1) is 21.2. The Hall–Kier alpha value is -2.51. The van der Waals surface area contributed by atoms with Crippen molar-refractivity contribution >= 4 is 40.6 Å². The van der Waals surface area contributed by atoms with Crippen molar-refractivity contribution in [1.82, 2.24) is 4.90 Å². The number of hydrogen-bond donors (Lipinski definition) is 0. The fraction of sp³-hybridized carbons (Fsp3) is 0.238. The Morgan fingerprint density at radius 3 is 2.62 bits per heavy atom. The number of rotatable bonds is 6. The number of benzene rings is 2. The fourth-order valence-corrected chi connectivity index (χ4v) is 3.86. The lowest BCUT2D eigenvalue weighted by atomic mass is 10.1. The van der Waals surface area contributed by atoms with E-state index < -0.39 is 17.0 Å². The minimum Gasteiger partial charge on any atom is -0.493 e. The molecule has 1 aliphatic heterocycles. The monoisotopic (exact) mass is 435 g/mol. The molecule has 0 N–H and O–H groups in total. The topological polar surface area (TPSA) is 55.8 Å². The van der Waals surface area contributed by atoms with Crippen LogP contribution >= 0.6 is 23.4 Å². The summed E-state index contributed by atoms with van der Waals surface area (Å²) in [6.45, 7) is 3.62. The average Bonchev–Trinajstić information content (AvgIpc) is 2.92. The van der Waals surface area contributed by atoms with Crippen LogP contribution in [0.15, 0.2) is 41.3 Å². The summed E-state index contributed by atoms with van der Waals surface area (Å²) in [5.41, 5.74) is 0.857. The standard InChI is InChI=1S/C21H19ClFNO4S/c1-12(2)28-19-15(22)8-13(9-17(19)27-3)10-18-20(25)24(21(26)29-18)11-14-6-4-5-7-16(14)23/h4-10,12H,11H2,1-3H3/b18-10-. The second kappa shape index (κ2) is 8.88. The molecule has 2 aromatic rings. The molecule has 0 aliphatic carbocycles. The summed E-state index contributed by atoms with van der Waals surface area (Å²) in [7, 11) is 1.49. The lowest BCUT2D eigenvalue weighted by molar-refractivity contribution is -0.123. The Labute approximate surface area is 177 Å². The van der Waals surface area contributed by atoms with E-state index in [1.54, 1.807) is 36.4 Å². The van der Waals surface area contributed by atoms with Gasteiger partial charge in [-0.2, -0.15) is 0 Å². The summed E-state index contributed by atoms with van der Waals surface area (Å²) in [6, 6.07) is 9.35. The third kappa shape index (κ3) is 4.74. The van der Waals surface area contributed by atoms with E-state index in [9.17, 15) is 14.0 Å². The zero-order chi connectivity index (χ0) is 21.1. The van der Waals surface area contributed by atoms with Gasteiger partial charge in [0.25, 0.3) is 11.1 Å². The smallest absolute Gasteiger partial charge is 0.293 e. The van der Waals surface area contributed by atoms with Crippen LogP contribution < -0.4 is 9.47 Å². The van der Waals surface area contributed by atoms with E-state index in [1.807, 2.05) is 13.8 Å². The summed E-state index contributed by atoms with van der Waals surface area (Å²) in [5.74, 6) is -0.120. The van der Waals surface area contributed by atoms with E-state index in [0.29, 0.717) is 22.1 Å². The number of carbonyl (C=O) groups excluding carboxylic acids is 2. The summed E-state index contributed by atoms with van der Waals surface area (Å²) < 4.78 is 24.9. The van der Waals surface area contributed by atoms with E-state index in [-0.39, 0.29) is 23.1 Å². The number of hydrogen-bond acceptors (Lipinski definition) is 5. The molecule has 0 bridgehead atoms. The summed E-state index contributed by atoms with van der Waals surface area (Å²) >= 11 is 7.11. The molecule has 8 heteroatoms. The van der Waals surface area contributed by atoms with Crippen LogP contribution in [0.25, 0.3) is 6.08 Å². The molecule has 1 heterocycles. The number of nitrogens with zero attached hydrogens (tertiary/aromatic N) is 1. The van der Waals surface area contributed by atoms with Gasteiger partial charge in [-0.15, -0.1) is 0 Å². The molecule has 0 saturated carbocycles. The molecular weight excluding hydrogens is 417 g/mol. The van der Waals surface area contributed by atoms with Gasteiger partial charge >= 0.3 is 0 Å². The van der Waals surface area contributed by atoms with Crippen LogP contribution in [0.2, 0.25) is 5.02 Å². The zero-order valence-electron chi connectivity index (χ0n) is 16.1. The van der Waals surface area contributed by atoms with E-state index in [0.717, 1.165) is 16.7 Å². The second-order valence-electron chi connectivity index (χ2n) is 6.56. The van der Waals surface area contributed by atoms with Crippen LogP contribution in [-0.4, -0.2) is 29.3 Å². The zero-order valence-corrected chi connectivity index (χ0v) is 17.6. The van der Waals surface area contributed by atoms with E-state index >= 15 is 0 Å². The number of imide groups is 1. The highest BCUT2D eigenvalue weighted by atomic mass is 35.5. The Bertz CT molecular complexity index is 993. The third-order valence-corrected chi connectivity index (χ3v) is 5.25. The molecule has 0 atom stereocenters. The SMILES string of the molecule is COc1cc(/C=C2\SC(=O)N(Cc3ccccc3F)C2=O)cc(Cl)c1OC(C)C. The minimum absolute atomic E-state index is 0.0952. The third-order valence-electron chi connectivity index (χ3n) is 4.06. The first-order chi connectivity index (χ1) is 13.8. The Balaban J connectivity index is 1.87. The van der Waals surface area contributed by atoms with E-state index in [4.69, 9.17) is 21.1 Å². The summed E-state index contributed by atoms with van der Waals surface area (Å²) in [5, 5.41) is -0.128. The maximum Gasteiger partial charge on any atom is 0.293 e. The van der Waals surface area contributed by atoms with Crippen LogP contribution in [0.4, 0.5) is 9.18 Å². The molecule has 1 fully saturated rings. The van der Waals surface area contributed by atoms with Crippen LogP contribution in [-0.2, 0) is 11.3 Å². The predicted octanol–water partition coefficient (Wildman–Crippen LogP) is 5.51. The van der Waals surface area contributed by atoms with Crippen LogP contribution in [0.3, 0.4) is 0 Å². The van der Waals surface area contributed by atoms with Crippen molar-refractivity contribution in [3.8, 4) is 11.5 Å². The first-order valence-electron chi connectivity index (χ1n) is 8.83. The van der Waals surface area contributed by atoms with Gasteiger partial charge in [-0.25, -0.2) is 4.39 Å². The molecule has 2 amide bonds. The highest BCUT2D eigenvalue weighted by molar-refractivity contribution is 8.18. The van der Waals surface area contributed by atoms with Crippen molar-refractivity contribution in [2.45, 2.75) is 26.5 Å². The van der Waals surface area contributed by atoms with Gasteiger partial charge in [0.05, 0.1) is 29.7 Å². The maximum atomic E-state index is 13.9. The van der Waals surface area contributed by atoms with Gasteiger partial charge in [0.2, 0.25) is 0 Å². The number of ether oxygens (including phenoxy) is 2. The van der Waals surface area contributed by atoms with Crippen LogP contribution in [0.1, 0.15) is 25.0 Å². The van der Waals surface area contributed by atoms with E-state index in [2.05, 4.69) is 0 Å². The van der Waals surface area contributed by atoms with Crippen LogP contribution in [0, 0.1) is 5.82 Å². The molecule has 5 nitrogen and oxygen atoms in total.